The molecule has 4 heterocycles. The normalized spacial score (nSPS) is 16.9. The fourth-order valence-electron chi connectivity index (χ4n) is 5.54. The molecule has 0 saturated heterocycles. The summed E-state index contributed by atoms with van der Waals surface area (Å²) < 4.78 is 86.4. The van der Waals surface area contributed by atoms with Crippen molar-refractivity contribution in [2.45, 2.75) is 99.6 Å². The van der Waals surface area contributed by atoms with Gasteiger partial charge in [0.2, 0.25) is 30.1 Å². The lowest BCUT2D eigenvalue weighted by Crippen LogP contribution is -2.35. The van der Waals surface area contributed by atoms with Crippen LogP contribution in [0.3, 0.4) is 0 Å². The van der Waals surface area contributed by atoms with E-state index in [1.165, 1.54) is 12.9 Å². The van der Waals surface area contributed by atoms with E-state index in [4.69, 9.17) is 15.0 Å². The molecule has 0 aromatic carbocycles. The second kappa shape index (κ2) is 17.6. The van der Waals surface area contributed by atoms with Gasteiger partial charge in [0.1, 0.15) is 0 Å². The lowest BCUT2D eigenvalue weighted by Gasteiger charge is -2.25. The zero-order valence-electron chi connectivity index (χ0n) is 29.9. The Bertz CT molecular complexity index is 1900. The number of pyridine rings is 3. The number of hydrogen-bond donors (Lipinski definition) is 0. The van der Waals surface area contributed by atoms with Gasteiger partial charge in [-0.3, -0.25) is 15.0 Å². The summed E-state index contributed by atoms with van der Waals surface area (Å²) in [4.78, 5) is 14.2. The third-order valence-electron chi connectivity index (χ3n) is 8.78. The summed E-state index contributed by atoms with van der Waals surface area (Å²) in [6.07, 6.45) is 2.25. The maximum absolute atomic E-state index is 13.9. The monoisotopic (exact) mass is 748 g/mol. The third kappa shape index (κ3) is 11.6. The zero-order chi connectivity index (χ0) is 36.5. The van der Waals surface area contributed by atoms with Gasteiger partial charge in [0.25, 0.3) is 0 Å². The highest BCUT2D eigenvalue weighted by Crippen LogP contribution is 2.21. The predicted molar refractivity (Wildman–Crippen MR) is 196 cm³/mol. The average Bonchev–Trinajstić information content (AvgIpc) is 3.05. The number of aromatic nitrogens is 3. The van der Waals surface area contributed by atoms with Gasteiger partial charge in [0.05, 0.1) is 90.7 Å². The van der Waals surface area contributed by atoms with E-state index in [1.807, 2.05) is 27.7 Å². The van der Waals surface area contributed by atoms with Crippen LogP contribution in [0.1, 0.15) is 94.5 Å². The van der Waals surface area contributed by atoms with E-state index in [1.54, 1.807) is 61.5 Å². The largest absolute Gasteiger partial charge is 0.255 e. The number of hydrogen-bond acceptors (Lipinski definition) is 9. The van der Waals surface area contributed by atoms with Crippen LogP contribution in [0.2, 0.25) is 0 Å². The van der Waals surface area contributed by atoms with Crippen molar-refractivity contribution in [3.05, 3.63) is 88.8 Å². The van der Waals surface area contributed by atoms with Crippen LogP contribution < -0.4 is 0 Å². The summed E-state index contributed by atoms with van der Waals surface area (Å²) in [7, 11) is -11.3. The van der Waals surface area contributed by atoms with Gasteiger partial charge >= 0.3 is 0 Å². The maximum atomic E-state index is 13.9. The van der Waals surface area contributed by atoms with Crippen molar-refractivity contribution < 1.29 is 25.3 Å². The van der Waals surface area contributed by atoms with Crippen molar-refractivity contribution in [1.82, 2.24) is 27.9 Å². The minimum atomic E-state index is -3.77. The molecular weight excluding hydrogens is 697 g/mol. The smallest absolute Gasteiger partial charge is 0.214 e. The third-order valence-corrected chi connectivity index (χ3v) is 14.3. The Morgan fingerprint density at radius 3 is 1.10 bits per heavy atom. The molecule has 12 nitrogen and oxygen atoms in total. The van der Waals surface area contributed by atoms with Crippen LogP contribution in [0.15, 0.2) is 54.6 Å². The highest BCUT2D eigenvalue weighted by molar-refractivity contribution is 7.89. The van der Waals surface area contributed by atoms with Crippen LogP contribution in [-0.2, 0) is 69.3 Å². The van der Waals surface area contributed by atoms with Gasteiger partial charge in [-0.25, -0.2) is 25.3 Å². The van der Waals surface area contributed by atoms with Gasteiger partial charge in [-0.15, -0.1) is 0 Å². The summed E-state index contributed by atoms with van der Waals surface area (Å²) >= 11 is 0. The molecule has 4 rings (SSSR count). The molecule has 0 radical (unpaired) electrons. The maximum Gasteiger partial charge on any atom is 0.214 e. The Balaban J connectivity index is 1.84. The van der Waals surface area contributed by atoms with E-state index in [-0.39, 0.29) is 68.4 Å². The molecule has 0 aliphatic carbocycles. The second-order valence-electron chi connectivity index (χ2n) is 13.6. The average molecular weight is 749 g/mol. The Kier molecular flexibility index (Phi) is 14.1. The van der Waals surface area contributed by atoms with Crippen LogP contribution >= 0.6 is 0 Å². The van der Waals surface area contributed by atoms with Crippen LogP contribution in [0.25, 0.3) is 0 Å². The highest BCUT2D eigenvalue weighted by atomic mass is 32.2. The lowest BCUT2D eigenvalue weighted by atomic mass is 10.1. The molecule has 1 aliphatic rings. The van der Waals surface area contributed by atoms with E-state index < -0.39 is 30.1 Å². The molecule has 0 fully saturated rings. The molecule has 50 heavy (non-hydrogen) atoms. The quantitative estimate of drug-likeness (QED) is 0.247. The van der Waals surface area contributed by atoms with Crippen molar-refractivity contribution in [2.75, 3.05) is 17.3 Å². The standard InChI is InChI=1S/C35H52N6O6S3/c1-6-19-48(42,43)39-22-30-11-8-13-32(36-30)24-40(49(44,45)20-17-28(3)4)25-33-14-10-16-35(38-33)27-41(50(46,47)21-18-29(5)7-2)26-34-15-9-12-31(23-39)37-34/h8-16,28-29H,6-7,17-27H2,1-5H3. The Morgan fingerprint density at radius 2 is 0.820 bits per heavy atom. The summed E-state index contributed by atoms with van der Waals surface area (Å²) in [5.74, 6) is 0.228. The number of fused-ring (bicyclic) bond motifs is 6. The van der Waals surface area contributed by atoms with Crippen LogP contribution in [-0.4, -0.2) is 70.4 Å². The fraction of sp³-hybridized carbons (Fsp3) is 0.571. The highest BCUT2D eigenvalue weighted by Gasteiger charge is 2.28. The number of rotatable bonds is 12. The van der Waals surface area contributed by atoms with Crippen molar-refractivity contribution in [1.29, 1.82) is 0 Å². The van der Waals surface area contributed by atoms with E-state index >= 15 is 0 Å². The molecule has 1 atom stereocenters. The molecule has 276 valence electrons. The van der Waals surface area contributed by atoms with Crippen molar-refractivity contribution >= 4 is 30.1 Å². The first-order valence-corrected chi connectivity index (χ1v) is 22.2. The second-order valence-corrected chi connectivity index (χ2v) is 19.9. The molecule has 0 amide bonds. The number of nitrogens with zero attached hydrogens (tertiary/aromatic N) is 6. The van der Waals surface area contributed by atoms with E-state index in [9.17, 15) is 25.3 Å². The Labute approximate surface area is 299 Å². The molecule has 0 N–H and O–H groups in total. The lowest BCUT2D eigenvalue weighted by molar-refractivity contribution is 0.373. The number of sulfonamides is 3. The zero-order valence-corrected chi connectivity index (χ0v) is 32.4. The van der Waals surface area contributed by atoms with Gasteiger partial charge in [-0.2, -0.15) is 12.9 Å². The molecular formula is C35H52N6O6S3. The first-order chi connectivity index (χ1) is 23.6. The van der Waals surface area contributed by atoms with Gasteiger partial charge in [0, 0.05) is 0 Å². The van der Waals surface area contributed by atoms with E-state index in [2.05, 4.69) is 0 Å². The van der Waals surface area contributed by atoms with Crippen LogP contribution in [0, 0.1) is 11.8 Å². The molecule has 15 heteroatoms. The van der Waals surface area contributed by atoms with Crippen molar-refractivity contribution in [3.63, 3.8) is 0 Å². The predicted octanol–water partition coefficient (Wildman–Crippen LogP) is 5.07. The first kappa shape index (κ1) is 40.0. The Hall–Kier alpha value is -2.82. The van der Waals surface area contributed by atoms with E-state index in [0.717, 1.165) is 6.42 Å². The van der Waals surface area contributed by atoms with Crippen LogP contribution in [0.4, 0.5) is 0 Å². The fourth-order valence-corrected chi connectivity index (χ4v) is 10.3. The minimum Gasteiger partial charge on any atom is -0.255 e. The van der Waals surface area contributed by atoms with Crippen molar-refractivity contribution in [3.8, 4) is 0 Å². The molecule has 6 bridgehead atoms. The summed E-state index contributed by atoms with van der Waals surface area (Å²) in [5.41, 5.74) is 2.84. The molecule has 1 unspecified atom stereocenters. The molecule has 3 aromatic rings. The van der Waals surface area contributed by atoms with Gasteiger partial charge < -0.3 is 0 Å². The van der Waals surface area contributed by atoms with Crippen molar-refractivity contribution in [2.24, 2.45) is 11.8 Å². The minimum absolute atomic E-state index is 0.0381. The summed E-state index contributed by atoms with van der Waals surface area (Å²) in [5, 5.41) is 0. The van der Waals surface area contributed by atoms with E-state index in [0.29, 0.717) is 53.4 Å². The molecule has 3 aromatic heterocycles. The van der Waals surface area contributed by atoms with Crippen LogP contribution in [0.5, 0.6) is 0 Å². The summed E-state index contributed by atoms with van der Waals surface area (Å²) in [6, 6.07) is 15.7. The Morgan fingerprint density at radius 1 is 0.520 bits per heavy atom. The molecule has 0 spiro atoms. The van der Waals surface area contributed by atoms with Gasteiger partial charge in [-0.05, 0) is 67.5 Å². The molecule has 0 saturated carbocycles. The topological polar surface area (TPSA) is 151 Å². The molecule has 1 aliphatic heterocycles. The van der Waals surface area contributed by atoms with Gasteiger partial charge in [-0.1, -0.05) is 59.2 Å². The van der Waals surface area contributed by atoms with Gasteiger partial charge in [0.15, 0.2) is 0 Å². The SMILES string of the molecule is CCCS(=O)(=O)N1Cc2cccc(n2)CN(S(=O)(=O)CCC(C)C)Cc2cccc(n2)CN(S(=O)(=O)CCC(C)CC)Cc2cccc(n2)C1. The first-order valence-electron chi connectivity index (χ1n) is 17.4. The summed E-state index contributed by atoms with van der Waals surface area (Å²) in [6.45, 7) is 9.55.